The van der Waals surface area contributed by atoms with Gasteiger partial charge < -0.3 is 17.2 Å². The predicted molar refractivity (Wildman–Crippen MR) is 69.5 cm³/mol. The smallest absolute Gasteiger partial charge is 0.218 e. The maximum atomic E-state index is 5.45. The number of hydrogen-bond donors (Lipinski definition) is 3. The lowest BCUT2D eigenvalue weighted by molar-refractivity contribution is 1.12. The van der Waals surface area contributed by atoms with E-state index < -0.39 is 0 Å². The van der Waals surface area contributed by atoms with Crippen LogP contribution in [0.15, 0.2) is 45.2 Å². The first kappa shape index (κ1) is 12.4. The van der Waals surface area contributed by atoms with Gasteiger partial charge >= 0.3 is 0 Å². The number of guanidine groups is 2. The molecular formula is C10H15N5S. The monoisotopic (exact) mass is 237 g/mol. The van der Waals surface area contributed by atoms with Gasteiger partial charge in [0.25, 0.3) is 0 Å². The Morgan fingerprint density at radius 1 is 1.12 bits per heavy atom. The fourth-order valence-corrected chi connectivity index (χ4v) is 1.78. The van der Waals surface area contributed by atoms with E-state index in [0.717, 1.165) is 5.75 Å². The van der Waals surface area contributed by atoms with Crippen molar-refractivity contribution in [3.8, 4) is 0 Å². The Labute approximate surface area is 98.8 Å². The molecule has 0 unspecified atom stereocenters. The molecule has 0 heterocycles. The van der Waals surface area contributed by atoms with E-state index in [4.69, 9.17) is 17.2 Å². The van der Waals surface area contributed by atoms with Gasteiger partial charge in [-0.25, -0.2) is 0 Å². The standard InChI is InChI=1S/C10H15N5S/c11-9(12)15-10(13)14-6-7-16-8-4-2-1-3-5-8/h1-5H,6-7H2,(H6,11,12,13,14,15). The van der Waals surface area contributed by atoms with Crippen LogP contribution < -0.4 is 17.2 Å². The molecule has 0 saturated carbocycles. The zero-order valence-corrected chi connectivity index (χ0v) is 9.65. The highest BCUT2D eigenvalue weighted by atomic mass is 32.2. The summed E-state index contributed by atoms with van der Waals surface area (Å²) in [5.41, 5.74) is 15.7. The first-order valence-electron chi connectivity index (χ1n) is 4.76. The molecule has 0 saturated heterocycles. The molecule has 0 aliphatic carbocycles. The minimum Gasteiger partial charge on any atom is -0.370 e. The van der Waals surface area contributed by atoms with Gasteiger partial charge in [-0.1, -0.05) is 18.2 Å². The number of aliphatic imine (C=N–C) groups is 2. The van der Waals surface area contributed by atoms with Crippen LogP contribution in [0.4, 0.5) is 0 Å². The van der Waals surface area contributed by atoms with E-state index in [9.17, 15) is 0 Å². The van der Waals surface area contributed by atoms with Crippen molar-refractivity contribution >= 4 is 23.7 Å². The third-order valence-corrected chi connectivity index (χ3v) is 2.61. The number of thioether (sulfide) groups is 1. The molecular weight excluding hydrogens is 222 g/mol. The Bertz CT molecular complexity index is 370. The number of nitrogens with two attached hydrogens (primary N) is 3. The van der Waals surface area contributed by atoms with E-state index in [1.807, 2.05) is 30.3 Å². The van der Waals surface area contributed by atoms with Crippen molar-refractivity contribution in [2.24, 2.45) is 27.2 Å². The molecule has 0 aliphatic rings. The summed E-state index contributed by atoms with van der Waals surface area (Å²) in [7, 11) is 0. The molecule has 6 N–H and O–H groups in total. The molecule has 0 amide bonds. The molecule has 0 atom stereocenters. The SMILES string of the molecule is NC(N)=NC(N)=NCCSc1ccccc1. The van der Waals surface area contributed by atoms with Crippen molar-refractivity contribution in [2.75, 3.05) is 12.3 Å². The van der Waals surface area contributed by atoms with E-state index in [2.05, 4.69) is 9.98 Å². The Hall–Kier alpha value is -1.69. The summed E-state index contributed by atoms with van der Waals surface area (Å²) >= 11 is 1.71. The molecule has 0 spiro atoms. The van der Waals surface area contributed by atoms with Crippen molar-refractivity contribution in [3.05, 3.63) is 30.3 Å². The van der Waals surface area contributed by atoms with Gasteiger partial charge in [-0.05, 0) is 12.1 Å². The average Bonchev–Trinajstić information content (AvgIpc) is 2.25. The summed E-state index contributed by atoms with van der Waals surface area (Å²) in [5, 5.41) is 0. The number of nitrogens with zero attached hydrogens (tertiary/aromatic N) is 2. The van der Waals surface area contributed by atoms with Gasteiger partial charge in [-0.2, -0.15) is 4.99 Å². The highest BCUT2D eigenvalue weighted by molar-refractivity contribution is 7.99. The Morgan fingerprint density at radius 2 is 1.81 bits per heavy atom. The van der Waals surface area contributed by atoms with Gasteiger partial charge in [0.1, 0.15) is 0 Å². The zero-order valence-electron chi connectivity index (χ0n) is 8.84. The maximum absolute atomic E-state index is 5.45. The number of rotatable bonds is 4. The third kappa shape index (κ3) is 5.26. The molecule has 0 fully saturated rings. The molecule has 0 bridgehead atoms. The van der Waals surface area contributed by atoms with Crippen LogP contribution in [0.1, 0.15) is 0 Å². The van der Waals surface area contributed by atoms with Crippen LogP contribution in [0.3, 0.4) is 0 Å². The van der Waals surface area contributed by atoms with Gasteiger partial charge in [0, 0.05) is 10.6 Å². The topological polar surface area (TPSA) is 103 Å². The summed E-state index contributed by atoms with van der Waals surface area (Å²) in [5.74, 6) is 0.885. The van der Waals surface area contributed by atoms with Crippen molar-refractivity contribution in [1.82, 2.24) is 0 Å². The molecule has 0 aromatic heterocycles. The van der Waals surface area contributed by atoms with Crippen LogP contribution in [0.25, 0.3) is 0 Å². The predicted octanol–water partition coefficient (Wildman–Crippen LogP) is 0.367. The van der Waals surface area contributed by atoms with Gasteiger partial charge in [0.15, 0.2) is 5.96 Å². The first-order chi connectivity index (χ1) is 7.68. The molecule has 0 radical (unpaired) electrons. The molecule has 1 rings (SSSR count). The average molecular weight is 237 g/mol. The van der Waals surface area contributed by atoms with Gasteiger partial charge in [0.05, 0.1) is 6.54 Å². The number of hydrogen-bond acceptors (Lipinski definition) is 2. The number of benzene rings is 1. The van der Waals surface area contributed by atoms with Crippen LogP contribution >= 0.6 is 11.8 Å². The molecule has 5 nitrogen and oxygen atoms in total. The van der Waals surface area contributed by atoms with Crippen molar-refractivity contribution < 1.29 is 0 Å². The second-order valence-electron chi connectivity index (χ2n) is 2.94. The Kier molecular flexibility index (Phi) is 5.21. The van der Waals surface area contributed by atoms with Gasteiger partial charge in [-0.3, -0.25) is 4.99 Å². The zero-order chi connectivity index (χ0) is 11.8. The minimum absolute atomic E-state index is 0.0723. The molecule has 1 aromatic carbocycles. The van der Waals surface area contributed by atoms with Gasteiger partial charge in [-0.15, -0.1) is 11.8 Å². The quantitative estimate of drug-likeness (QED) is 0.304. The first-order valence-corrected chi connectivity index (χ1v) is 5.74. The van der Waals surface area contributed by atoms with Crippen molar-refractivity contribution in [2.45, 2.75) is 4.90 Å². The molecule has 86 valence electrons. The van der Waals surface area contributed by atoms with E-state index >= 15 is 0 Å². The van der Waals surface area contributed by atoms with Crippen LogP contribution in [0, 0.1) is 0 Å². The van der Waals surface area contributed by atoms with Crippen molar-refractivity contribution in [3.63, 3.8) is 0 Å². The fourth-order valence-electron chi connectivity index (χ4n) is 1.01. The Morgan fingerprint density at radius 3 is 2.44 bits per heavy atom. The summed E-state index contributed by atoms with van der Waals surface area (Å²) in [4.78, 5) is 8.82. The molecule has 1 aromatic rings. The minimum atomic E-state index is -0.0723. The lowest BCUT2D eigenvalue weighted by atomic mass is 10.4. The summed E-state index contributed by atoms with van der Waals surface area (Å²) in [6.45, 7) is 0.585. The highest BCUT2D eigenvalue weighted by Crippen LogP contribution is 2.16. The lowest BCUT2D eigenvalue weighted by Crippen LogP contribution is -2.26. The third-order valence-electron chi connectivity index (χ3n) is 1.62. The maximum Gasteiger partial charge on any atom is 0.218 e. The largest absolute Gasteiger partial charge is 0.370 e. The van der Waals surface area contributed by atoms with E-state index in [1.165, 1.54) is 4.90 Å². The van der Waals surface area contributed by atoms with Crippen LogP contribution in [0.5, 0.6) is 0 Å². The van der Waals surface area contributed by atoms with Crippen LogP contribution in [0.2, 0.25) is 0 Å². The van der Waals surface area contributed by atoms with Gasteiger partial charge in [0.2, 0.25) is 5.96 Å². The van der Waals surface area contributed by atoms with Crippen LogP contribution in [-0.2, 0) is 0 Å². The highest BCUT2D eigenvalue weighted by Gasteiger charge is 1.92. The second-order valence-corrected chi connectivity index (χ2v) is 4.11. The van der Waals surface area contributed by atoms with Crippen molar-refractivity contribution in [1.29, 1.82) is 0 Å². The molecule has 0 aliphatic heterocycles. The van der Waals surface area contributed by atoms with E-state index in [-0.39, 0.29) is 11.9 Å². The molecule has 16 heavy (non-hydrogen) atoms. The normalized spacial score (nSPS) is 11.1. The summed E-state index contributed by atoms with van der Waals surface area (Å²) in [6.07, 6.45) is 0. The fraction of sp³-hybridized carbons (Fsp3) is 0.200. The summed E-state index contributed by atoms with van der Waals surface area (Å²) < 4.78 is 0. The summed E-state index contributed by atoms with van der Waals surface area (Å²) in [6, 6.07) is 10.1. The Balaban J connectivity index is 2.29. The van der Waals surface area contributed by atoms with Crippen LogP contribution in [-0.4, -0.2) is 24.2 Å². The lowest BCUT2D eigenvalue weighted by Gasteiger charge is -1.98. The second kappa shape index (κ2) is 6.73. The van der Waals surface area contributed by atoms with E-state index in [1.54, 1.807) is 11.8 Å². The molecule has 6 heteroatoms. The van der Waals surface area contributed by atoms with E-state index in [0.29, 0.717) is 6.54 Å².